The molecule has 1 atom stereocenters. The van der Waals surface area contributed by atoms with Crippen LogP contribution in [0.15, 0.2) is 35.5 Å². The van der Waals surface area contributed by atoms with Gasteiger partial charge in [0.05, 0.1) is 44.6 Å². The smallest absolute Gasteiger partial charge is 0.338 e. The second-order valence-corrected chi connectivity index (χ2v) is 6.32. The molecule has 1 saturated heterocycles. The number of carbonyl (C=O) groups excluding carboxylic acids is 2. The Labute approximate surface area is 147 Å². The summed E-state index contributed by atoms with van der Waals surface area (Å²) in [6, 6.07) is 6.47. The highest BCUT2D eigenvalue weighted by atomic mass is 16.5. The summed E-state index contributed by atoms with van der Waals surface area (Å²) in [5.74, 6) is 0.288. The Morgan fingerprint density at radius 1 is 1.20 bits per heavy atom. The molecule has 0 bridgehead atoms. The molecule has 0 aliphatic carbocycles. The standard InChI is InChI=1S/C18H23N3O4/c1-24-13-7-5-12(6-8-13)16-15(17(22)25-2)14(19-18(23)20-16)11-21-9-3-4-10-21/h5-8,16H,3-4,9-11H2,1-2H3,(H2,19,20,23)/p+1/t16-/m0/s1. The molecule has 2 heterocycles. The molecule has 0 radical (unpaired) electrons. The average molecular weight is 346 g/mol. The Bertz CT molecular complexity index is 678. The highest BCUT2D eigenvalue weighted by Crippen LogP contribution is 2.28. The molecule has 1 fully saturated rings. The Kier molecular flexibility index (Phi) is 5.23. The highest BCUT2D eigenvalue weighted by Gasteiger charge is 2.35. The Morgan fingerprint density at radius 3 is 2.48 bits per heavy atom. The van der Waals surface area contributed by atoms with Crippen LogP contribution in [-0.2, 0) is 9.53 Å². The van der Waals surface area contributed by atoms with Gasteiger partial charge in [-0.15, -0.1) is 0 Å². The van der Waals surface area contributed by atoms with E-state index in [4.69, 9.17) is 9.47 Å². The fourth-order valence-corrected chi connectivity index (χ4v) is 3.46. The number of esters is 1. The number of amides is 2. The van der Waals surface area contributed by atoms with Gasteiger partial charge < -0.3 is 25.0 Å². The monoisotopic (exact) mass is 346 g/mol. The van der Waals surface area contributed by atoms with E-state index >= 15 is 0 Å². The van der Waals surface area contributed by atoms with Crippen molar-refractivity contribution in [2.24, 2.45) is 0 Å². The zero-order chi connectivity index (χ0) is 17.8. The Hall–Kier alpha value is -2.54. The fraction of sp³-hybridized carbons (Fsp3) is 0.444. The van der Waals surface area contributed by atoms with Crippen molar-refractivity contribution in [2.75, 3.05) is 33.9 Å². The Balaban J connectivity index is 1.97. The number of urea groups is 1. The molecule has 25 heavy (non-hydrogen) atoms. The summed E-state index contributed by atoms with van der Waals surface area (Å²) < 4.78 is 10.2. The van der Waals surface area contributed by atoms with Crippen molar-refractivity contribution in [3.05, 3.63) is 41.1 Å². The molecule has 1 aromatic rings. The topological polar surface area (TPSA) is 81.1 Å². The number of carbonyl (C=O) groups is 2. The van der Waals surface area contributed by atoms with Crippen LogP contribution < -0.4 is 20.3 Å². The number of likely N-dealkylation sites (tertiary alicyclic amines) is 1. The Morgan fingerprint density at radius 2 is 1.88 bits per heavy atom. The van der Waals surface area contributed by atoms with Crippen molar-refractivity contribution in [1.29, 1.82) is 0 Å². The van der Waals surface area contributed by atoms with E-state index in [1.54, 1.807) is 7.11 Å². The predicted molar refractivity (Wildman–Crippen MR) is 91.2 cm³/mol. The average Bonchev–Trinajstić information content (AvgIpc) is 3.13. The van der Waals surface area contributed by atoms with E-state index in [0.29, 0.717) is 23.6 Å². The first-order valence-corrected chi connectivity index (χ1v) is 8.48. The summed E-state index contributed by atoms with van der Waals surface area (Å²) >= 11 is 0. The molecular weight excluding hydrogens is 322 g/mol. The molecule has 134 valence electrons. The third kappa shape index (κ3) is 3.76. The lowest BCUT2D eigenvalue weighted by Crippen LogP contribution is -3.10. The number of quaternary nitrogens is 1. The SMILES string of the molecule is COC(=O)C1=C(C[NH+]2CCCC2)NC(=O)N[C@H]1c1ccc(OC)cc1. The number of hydrogen-bond acceptors (Lipinski definition) is 4. The first kappa shape index (κ1) is 17.3. The maximum absolute atomic E-state index is 12.5. The largest absolute Gasteiger partial charge is 0.497 e. The molecule has 0 unspecified atom stereocenters. The minimum Gasteiger partial charge on any atom is -0.497 e. The van der Waals surface area contributed by atoms with Gasteiger partial charge in [-0.1, -0.05) is 12.1 Å². The molecule has 0 spiro atoms. The quantitative estimate of drug-likeness (QED) is 0.663. The van der Waals surface area contributed by atoms with Gasteiger partial charge in [0.25, 0.3) is 0 Å². The number of methoxy groups -OCH3 is 2. The van der Waals surface area contributed by atoms with E-state index in [2.05, 4.69) is 10.6 Å². The van der Waals surface area contributed by atoms with E-state index < -0.39 is 12.0 Å². The second kappa shape index (κ2) is 7.57. The summed E-state index contributed by atoms with van der Waals surface area (Å²) in [5.41, 5.74) is 1.92. The zero-order valence-corrected chi connectivity index (χ0v) is 14.6. The lowest BCUT2D eigenvalue weighted by Gasteiger charge is -2.29. The van der Waals surface area contributed by atoms with Crippen molar-refractivity contribution in [3.8, 4) is 5.75 Å². The molecule has 2 aliphatic rings. The van der Waals surface area contributed by atoms with Gasteiger partial charge in [-0.25, -0.2) is 9.59 Å². The molecule has 2 amide bonds. The van der Waals surface area contributed by atoms with E-state index in [9.17, 15) is 9.59 Å². The third-order valence-corrected chi connectivity index (χ3v) is 4.75. The number of rotatable bonds is 5. The van der Waals surface area contributed by atoms with Gasteiger partial charge in [-0.2, -0.15) is 0 Å². The van der Waals surface area contributed by atoms with Crippen molar-refractivity contribution >= 4 is 12.0 Å². The molecule has 3 rings (SSSR count). The fourth-order valence-electron chi connectivity index (χ4n) is 3.46. The summed E-state index contributed by atoms with van der Waals surface area (Å²) in [6.07, 6.45) is 2.34. The summed E-state index contributed by atoms with van der Waals surface area (Å²) in [5, 5.41) is 5.65. The van der Waals surface area contributed by atoms with Gasteiger partial charge in [0.2, 0.25) is 0 Å². The lowest BCUT2D eigenvalue weighted by atomic mass is 9.95. The summed E-state index contributed by atoms with van der Waals surface area (Å²) in [7, 11) is 2.95. The first-order valence-electron chi connectivity index (χ1n) is 8.48. The maximum atomic E-state index is 12.5. The van der Waals surface area contributed by atoms with Crippen molar-refractivity contribution in [1.82, 2.24) is 10.6 Å². The number of hydrogen-bond donors (Lipinski definition) is 3. The second-order valence-electron chi connectivity index (χ2n) is 6.32. The molecule has 0 saturated carbocycles. The van der Waals surface area contributed by atoms with Crippen molar-refractivity contribution in [2.45, 2.75) is 18.9 Å². The number of ether oxygens (including phenoxy) is 2. The van der Waals surface area contributed by atoms with Crippen LogP contribution in [0, 0.1) is 0 Å². The maximum Gasteiger partial charge on any atom is 0.338 e. The normalized spacial score (nSPS) is 20.9. The van der Waals surface area contributed by atoms with Gasteiger partial charge in [0, 0.05) is 12.8 Å². The van der Waals surface area contributed by atoms with Crippen LogP contribution in [0.1, 0.15) is 24.4 Å². The molecule has 7 heteroatoms. The number of benzene rings is 1. The molecule has 0 aromatic heterocycles. The van der Waals surface area contributed by atoms with Crippen LogP contribution in [0.5, 0.6) is 5.75 Å². The first-order chi connectivity index (χ1) is 12.1. The van der Waals surface area contributed by atoms with Gasteiger partial charge in [0.1, 0.15) is 12.3 Å². The van der Waals surface area contributed by atoms with E-state index in [1.165, 1.54) is 24.9 Å². The minimum absolute atomic E-state index is 0.304. The molecule has 2 aliphatic heterocycles. The lowest BCUT2D eigenvalue weighted by molar-refractivity contribution is -0.882. The summed E-state index contributed by atoms with van der Waals surface area (Å²) in [6.45, 7) is 2.72. The van der Waals surface area contributed by atoms with Gasteiger partial charge >= 0.3 is 12.0 Å². The van der Waals surface area contributed by atoms with Crippen LogP contribution in [0.2, 0.25) is 0 Å². The molecular formula is C18H24N3O4+. The van der Waals surface area contributed by atoms with Crippen molar-refractivity contribution < 1.29 is 24.0 Å². The van der Waals surface area contributed by atoms with Crippen LogP contribution in [0.4, 0.5) is 4.79 Å². The predicted octanol–water partition coefficient (Wildman–Crippen LogP) is 0.155. The van der Waals surface area contributed by atoms with E-state index in [1.807, 2.05) is 24.3 Å². The van der Waals surface area contributed by atoms with Crippen LogP contribution in [0.25, 0.3) is 0 Å². The number of nitrogens with one attached hydrogen (secondary N) is 3. The molecule has 3 N–H and O–H groups in total. The van der Waals surface area contributed by atoms with E-state index in [-0.39, 0.29) is 6.03 Å². The highest BCUT2D eigenvalue weighted by molar-refractivity contribution is 5.95. The third-order valence-electron chi connectivity index (χ3n) is 4.75. The summed E-state index contributed by atoms with van der Waals surface area (Å²) in [4.78, 5) is 26.0. The van der Waals surface area contributed by atoms with Crippen LogP contribution in [-0.4, -0.2) is 45.9 Å². The zero-order valence-electron chi connectivity index (χ0n) is 14.6. The molecule has 1 aromatic carbocycles. The van der Waals surface area contributed by atoms with Gasteiger partial charge in [0.15, 0.2) is 0 Å². The van der Waals surface area contributed by atoms with E-state index in [0.717, 1.165) is 18.7 Å². The van der Waals surface area contributed by atoms with Crippen molar-refractivity contribution in [3.63, 3.8) is 0 Å². The minimum atomic E-state index is -0.538. The molecule has 7 nitrogen and oxygen atoms in total. The van der Waals surface area contributed by atoms with Crippen LogP contribution >= 0.6 is 0 Å². The van der Waals surface area contributed by atoms with Gasteiger partial charge in [-0.05, 0) is 17.7 Å². The van der Waals surface area contributed by atoms with Crippen LogP contribution in [0.3, 0.4) is 0 Å². The van der Waals surface area contributed by atoms with Gasteiger partial charge in [-0.3, -0.25) is 0 Å².